The Morgan fingerprint density at radius 1 is 1.13 bits per heavy atom. The first-order chi connectivity index (χ1) is 19.1. The van der Waals surface area contributed by atoms with Gasteiger partial charge in [-0.25, -0.2) is 14.6 Å². The van der Waals surface area contributed by atoms with Gasteiger partial charge in [-0.05, 0) is 69.6 Å². The Kier molecular flexibility index (Phi) is 6.65. The molecule has 0 unspecified atom stereocenters. The van der Waals surface area contributed by atoms with Gasteiger partial charge in [-0.1, -0.05) is 0 Å². The van der Waals surface area contributed by atoms with Crippen LogP contribution in [0.4, 0.5) is 17.2 Å². The molecule has 0 saturated carbocycles. The van der Waals surface area contributed by atoms with Crippen molar-refractivity contribution in [2.75, 3.05) is 48.9 Å². The number of ether oxygens (including phenoxy) is 2. The largest absolute Gasteiger partial charge is 0.453 e. The SMILES string of the molecule is CCN(CC)c1ccc(C(=O)Nc2ccc(-c3nn([C@@H]4CCCNC4)c4ncnc(N)c34)c3c2OCO3)cc1. The summed E-state index contributed by atoms with van der Waals surface area (Å²) in [4.78, 5) is 24.1. The Morgan fingerprint density at radius 2 is 1.92 bits per heavy atom. The van der Waals surface area contributed by atoms with E-state index in [0.29, 0.717) is 50.9 Å². The van der Waals surface area contributed by atoms with Gasteiger partial charge in [0.15, 0.2) is 17.1 Å². The molecule has 1 saturated heterocycles. The maximum absolute atomic E-state index is 13.1. The molecule has 0 aliphatic carbocycles. The number of nitrogens with zero attached hydrogens (tertiary/aromatic N) is 5. The Hall–Kier alpha value is -4.38. The van der Waals surface area contributed by atoms with Gasteiger partial charge in [0.05, 0.1) is 17.1 Å². The third-order valence-electron chi connectivity index (χ3n) is 7.41. The summed E-state index contributed by atoms with van der Waals surface area (Å²) < 4.78 is 13.7. The maximum Gasteiger partial charge on any atom is 0.255 e. The van der Waals surface area contributed by atoms with Crippen molar-refractivity contribution in [3.63, 3.8) is 0 Å². The Labute approximate surface area is 226 Å². The van der Waals surface area contributed by atoms with Gasteiger partial charge >= 0.3 is 0 Å². The number of carbonyl (C=O) groups excluding carboxylic acids is 1. The van der Waals surface area contributed by atoms with Gasteiger partial charge in [-0.3, -0.25) is 4.79 Å². The number of fused-ring (bicyclic) bond motifs is 2. The van der Waals surface area contributed by atoms with Crippen LogP contribution in [0, 0.1) is 0 Å². The molecule has 4 aromatic rings. The molecule has 202 valence electrons. The van der Waals surface area contributed by atoms with Crippen LogP contribution in [0.5, 0.6) is 11.5 Å². The quantitative estimate of drug-likeness (QED) is 0.327. The van der Waals surface area contributed by atoms with E-state index in [2.05, 4.69) is 39.3 Å². The molecule has 0 spiro atoms. The highest BCUT2D eigenvalue weighted by atomic mass is 16.7. The second kappa shape index (κ2) is 10.4. The number of aromatic nitrogens is 4. The number of nitrogens with two attached hydrogens (primary N) is 1. The number of amides is 1. The molecule has 2 aliphatic rings. The first kappa shape index (κ1) is 24.9. The van der Waals surface area contributed by atoms with Gasteiger partial charge in [-0.15, -0.1) is 0 Å². The zero-order chi connectivity index (χ0) is 26.9. The first-order valence-electron chi connectivity index (χ1n) is 13.4. The molecule has 4 heterocycles. The van der Waals surface area contributed by atoms with Crippen molar-refractivity contribution in [3.8, 4) is 22.8 Å². The van der Waals surface area contributed by atoms with Crippen LogP contribution in [0.15, 0.2) is 42.7 Å². The lowest BCUT2D eigenvalue weighted by Crippen LogP contribution is -2.32. The van der Waals surface area contributed by atoms with E-state index in [1.54, 1.807) is 6.07 Å². The van der Waals surface area contributed by atoms with Gasteiger partial charge in [0.25, 0.3) is 5.91 Å². The molecular weight excluding hydrogens is 496 g/mol. The Bertz CT molecular complexity index is 1510. The van der Waals surface area contributed by atoms with Crippen LogP contribution in [0.25, 0.3) is 22.3 Å². The van der Waals surface area contributed by atoms with E-state index in [1.165, 1.54) is 6.33 Å². The zero-order valence-electron chi connectivity index (χ0n) is 22.1. The summed E-state index contributed by atoms with van der Waals surface area (Å²) in [5.41, 5.74) is 10.5. The van der Waals surface area contributed by atoms with Crippen LogP contribution in [0.2, 0.25) is 0 Å². The Balaban J connectivity index is 1.34. The number of carbonyl (C=O) groups is 1. The number of piperidine rings is 1. The van der Waals surface area contributed by atoms with Crippen molar-refractivity contribution in [3.05, 3.63) is 48.3 Å². The normalized spacial score (nSPS) is 16.4. The highest BCUT2D eigenvalue weighted by molar-refractivity contribution is 6.06. The molecule has 4 N–H and O–H groups in total. The molecule has 2 aliphatic heterocycles. The summed E-state index contributed by atoms with van der Waals surface area (Å²) in [6.45, 7) is 7.85. The third-order valence-corrected chi connectivity index (χ3v) is 7.41. The van der Waals surface area contributed by atoms with E-state index in [9.17, 15) is 4.79 Å². The van der Waals surface area contributed by atoms with Crippen LogP contribution >= 0.6 is 0 Å². The summed E-state index contributed by atoms with van der Waals surface area (Å²) in [6, 6.07) is 11.4. The van der Waals surface area contributed by atoms with Crippen molar-refractivity contribution in [2.24, 2.45) is 0 Å². The summed E-state index contributed by atoms with van der Waals surface area (Å²) in [5.74, 6) is 1.08. The lowest BCUT2D eigenvalue weighted by Gasteiger charge is -2.23. The van der Waals surface area contributed by atoms with E-state index in [0.717, 1.165) is 44.7 Å². The van der Waals surface area contributed by atoms with E-state index in [1.807, 2.05) is 35.0 Å². The van der Waals surface area contributed by atoms with Crippen molar-refractivity contribution in [1.82, 2.24) is 25.1 Å². The molecule has 0 radical (unpaired) electrons. The average molecular weight is 529 g/mol. The number of hydrogen-bond donors (Lipinski definition) is 3. The highest BCUT2D eigenvalue weighted by Crippen LogP contribution is 2.48. The number of hydrogen-bond acceptors (Lipinski definition) is 9. The topological polar surface area (TPSA) is 132 Å². The molecule has 1 amide bonds. The molecule has 2 aromatic carbocycles. The monoisotopic (exact) mass is 528 g/mol. The number of nitrogens with one attached hydrogen (secondary N) is 2. The highest BCUT2D eigenvalue weighted by Gasteiger charge is 2.29. The average Bonchev–Trinajstić information content (AvgIpc) is 3.62. The minimum atomic E-state index is -0.233. The fourth-order valence-electron chi connectivity index (χ4n) is 5.37. The van der Waals surface area contributed by atoms with E-state index >= 15 is 0 Å². The van der Waals surface area contributed by atoms with Gasteiger partial charge < -0.3 is 30.7 Å². The second-order valence-electron chi connectivity index (χ2n) is 9.65. The van der Waals surface area contributed by atoms with Gasteiger partial charge in [0.1, 0.15) is 17.8 Å². The fraction of sp³-hybridized carbons (Fsp3) is 0.357. The zero-order valence-corrected chi connectivity index (χ0v) is 22.1. The van der Waals surface area contributed by atoms with E-state index in [-0.39, 0.29) is 18.7 Å². The van der Waals surface area contributed by atoms with Crippen molar-refractivity contribution < 1.29 is 14.3 Å². The molecular formula is C28H32N8O3. The number of anilines is 3. The van der Waals surface area contributed by atoms with E-state index < -0.39 is 0 Å². The first-order valence-corrected chi connectivity index (χ1v) is 13.4. The van der Waals surface area contributed by atoms with Gasteiger partial charge in [0, 0.05) is 36.4 Å². The molecule has 39 heavy (non-hydrogen) atoms. The summed E-state index contributed by atoms with van der Waals surface area (Å²) in [6.07, 6.45) is 3.51. The molecule has 2 aromatic heterocycles. The standard InChI is InChI=1S/C28H32N8O3/c1-3-35(4-2)18-9-7-17(8-10-18)28(37)33-21-12-11-20(24-25(21)39-16-38-24)23-22-26(29)31-15-32-27(22)36(34-23)19-6-5-13-30-14-19/h7-12,15,19,30H,3-6,13-14,16H2,1-2H3,(H,33,37)(H2,29,31,32)/t19-/m1/s1. The summed E-state index contributed by atoms with van der Waals surface area (Å²) >= 11 is 0. The smallest absolute Gasteiger partial charge is 0.255 e. The lowest BCUT2D eigenvalue weighted by molar-refractivity contribution is 0.102. The van der Waals surface area contributed by atoms with Crippen molar-refractivity contribution >= 4 is 34.1 Å². The molecule has 0 bridgehead atoms. The van der Waals surface area contributed by atoms with Crippen LogP contribution < -0.4 is 30.7 Å². The van der Waals surface area contributed by atoms with E-state index in [4.69, 9.17) is 20.3 Å². The number of benzene rings is 2. The maximum atomic E-state index is 13.1. The van der Waals surface area contributed by atoms with Crippen LogP contribution in [-0.4, -0.2) is 58.6 Å². The minimum absolute atomic E-state index is 0.0327. The second-order valence-corrected chi connectivity index (χ2v) is 9.65. The predicted molar refractivity (Wildman–Crippen MR) is 150 cm³/mol. The van der Waals surface area contributed by atoms with Gasteiger partial charge in [0.2, 0.25) is 6.79 Å². The molecule has 1 fully saturated rings. The molecule has 6 rings (SSSR count). The lowest BCUT2D eigenvalue weighted by atomic mass is 10.1. The predicted octanol–water partition coefficient (Wildman–Crippen LogP) is 3.83. The fourth-order valence-corrected chi connectivity index (χ4v) is 5.37. The summed E-state index contributed by atoms with van der Waals surface area (Å²) in [7, 11) is 0. The minimum Gasteiger partial charge on any atom is -0.453 e. The number of nitrogen functional groups attached to an aromatic ring is 1. The molecule has 1 atom stereocenters. The third kappa shape index (κ3) is 4.48. The van der Waals surface area contributed by atoms with Crippen LogP contribution in [0.3, 0.4) is 0 Å². The van der Waals surface area contributed by atoms with Crippen molar-refractivity contribution in [1.29, 1.82) is 0 Å². The molecule has 11 heteroatoms. The number of rotatable bonds is 7. The van der Waals surface area contributed by atoms with Crippen molar-refractivity contribution in [2.45, 2.75) is 32.7 Å². The van der Waals surface area contributed by atoms with Crippen LogP contribution in [0.1, 0.15) is 43.1 Å². The Morgan fingerprint density at radius 3 is 2.67 bits per heavy atom. The van der Waals surface area contributed by atoms with Gasteiger partial charge in [-0.2, -0.15) is 5.10 Å². The van der Waals surface area contributed by atoms with Crippen LogP contribution in [-0.2, 0) is 0 Å². The molecule has 11 nitrogen and oxygen atoms in total. The summed E-state index contributed by atoms with van der Waals surface area (Å²) in [5, 5.41) is 12.0.